The molecule has 0 radical (unpaired) electrons. The van der Waals surface area contributed by atoms with E-state index in [-0.39, 0.29) is 26.1 Å². The predicted octanol–water partition coefficient (Wildman–Crippen LogP) is 3.37. The number of unbranched alkanes of at least 4 members (excludes halogenated alkanes) is 6. The van der Waals surface area contributed by atoms with Crippen LogP contribution in [0.2, 0.25) is 0 Å². The molecule has 0 aliphatic heterocycles. The molecule has 0 aromatic heterocycles. The van der Waals surface area contributed by atoms with Crippen molar-refractivity contribution in [3.8, 4) is 0 Å². The number of carbonyl (C=O) groups is 2. The molecule has 0 fully saturated rings. The fraction of sp³-hybridized carbons (Fsp3) is 0.900. The van der Waals surface area contributed by atoms with Crippen molar-refractivity contribution in [3.63, 3.8) is 0 Å². The summed E-state index contributed by atoms with van der Waals surface area (Å²) in [6.07, 6.45) is 6.90. The third-order valence-corrected chi connectivity index (χ3v) is 6.37. The van der Waals surface area contributed by atoms with E-state index in [2.05, 4.69) is 13.8 Å². The van der Waals surface area contributed by atoms with Gasteiger partial charge in [0.15, 0.2) is 5.25 Å². The van der Waals surface area contributed by atoms with Gasteiger partial charge in [0, 0.05) is 26.4 Å². The molecule has 0 spiro atoms. The number of carboxylic acid groups (broad SMARTS) is 2. The van der Waals surface area contributed by atoms with Crippen molar-refractivity contribution in [1.82, 2.24) is 0 Å². The number of carboxylic acids is 2. The first-order valence-corrected chi connectivity index (χ1v) is 12.2. The highest BCUT2D eigenvalue weighted by molar-refractivity contribution is 7.87. The van der Waals surface area contributed by atoms with E-state index >= 15 is 0 Å². The molecule has 10 heteroatoms. The van der Waals surface area contributed by atoms with Gasteiger partial charge in [-0.1, -0.05) is 52.4 Å². The maximum Gasteiger partial charge on any atom is 0.325 e. The van der Waals surface area contributed by atoms with Crippen LogP contribution >= 0.6 is 0 Å². The molecule has 0 aromatic carbocycles. The van der Waals surface area contributed by atoms with E-state index in [1.54, 1.807) is 0 Å². The molecule has 3 N–H and O–H groups in total. The summed E-state index contributed by atoms with van der Waals surface area (Å²) in [5, 5.41) is 16.7. The molecule has 0 aliphatic carbocycles. The van der Waals surface area contributed by atoms with Gasteiger partial charge in [-0.2, -0.15) is 8.42 Å². The number of hydrogen-bond donors (Lipinski definition) is 3. The van der Waals surface area contributed by atoms with Gasteiger partial charge >= 0.3 is 11.9 Å². The molecule has 30 heavy (non-hydrogen) atoms. The smallest absolute Gasteiger partial charge is 0.325 e. The minimum absolute atomic E-state index is 0.131. The fourth-order valence-electron chi connectivity index (χ4n) is 3.34. The van der Waals surface area contributed by atoms with Crippen molar-refractivity contribution < 1.29 is 42.2 Å². The van der Waals surface area contributed by atoms with Crippen molar-refractivity contribution in [2.75, 3.05) is 26.4 Å². The average Bonchev–Trinajstić information content (AvgIpc) is 2.64. The molecule has 1 unspecified atom stereocenters. The Hall–Kier alpha value is -1.23. The zero-order valence-corrected chi connectivity index (χ0v) is 19.0. The lowest BCUT2D eigenvalue weighted by atomic mass is 9.78. The molecule has 0 aromatic rings. The SMILES string of the molecule is CCCCCCOCCC(CCOCCCCCC)(C(=O)O)C(C(=O)O)S(=O)(=O)O. The summed E-state index contributed by atoms with van der Waals surface area (Å²) < 4.78 is 43.9. The predicted molar refractivity (Wildman–Crippen MR) is 112 cm³/mol. The molecular formula is C20H38O9S. The molecule has 0 rings (SSSR count). The lowest BCUT2D eigenvalue weighted by molar-refractivity contribution is -0.158. The lowest BCUT2D eigenvalue weighted by Gasteiger charge is -2.33. The van der Waals surface area contributed by atoms with Crippen LogP contribution in [0.4, 0.5) is 0 Å². The molecule has 178 valence electrons. The number of hydrogen-bond acceptors (Lipinski definition) is 6. The van der Waals surface area contributed by atoms with Crippen molar-refractivity contribution in [2.45, 2.75) is 83.3 Å². The third-order valence-electron chi connectivity index (χ3n) is 5.12. The molecular weight excluding hydrogens is 416 g/mol. The van der Waals surface area contributed by atoms with Crippen LogP contribution in [0, 0.1) is 5.41 Å². The second kappa shape index (κ2) is 15.6. The minimum atomic E-state index is -5.17. The van der Waals surface area contributed by atoms with Crippen molar-refractivity contribution in [2.24, 2.45) is 5.41 Å². The van der Waals surface area contributed by atoms with Crippen LogP contribution in [-0.4, -0.2) is 66.8 Å². The minimum Gasteiger partial charge on any atom is -0.481 e. The zero-order valence-electron chi connectivity index (χ0n) is 18.2. The maximum atomic E-state index is 12.1. The standard InChI is InChI=1S/C20H38O9S/c1-3-5-7-9-13-28-15-11-20(19(23)24,17(18(21)22)30(25,26)27)12-16-29-14-10-8-6-4-2/h17H,3-16H2,1-2H3,(H,21,22)(H,23,24)(H,25,26,27). The first-order chi connectivity index (χ1) is 14.1. The van der Waals surface area contributed by atoms with Crippen molar-refractivity contribution in [1.29, 1.82) is 0 Å². The van der Waals surface area contributed by atoms with Crippen LogP contribution in [0.1, 0.15) is 78.1 Å². The fourth-order valence-corrected chi connectivity index (χ4v) is 4.50. The number of aliphatic carboxylic acids is 2. The van der Waals surface area contributed by atoms with Gasteiger partial charge < -0.3 is 19.7 Å². The second-order valence-electron chi connectivity index (χ2n) is 7.54. The normalized spacial score (nSPS) is 13.3. The summed E-state index contributed by atoms with van der Waals surface area (Å²) in [6, 6.07) is 0. The van der Waals surface area contributed by atoms with E-state index in [0.717, 1.165) is 51.4 Å². The van der Waals surface area contributed by atoms with Crippen LogP contribution in [0.25, 0.3) is 0 Å². The summed E-state index contributed by atoms with van der Waals surface area (Å²) in [5.41, 5.74) is -2.26. The Labute approximate surface area is 179 Å². The summed E-state index contributed by atoms with van der Waals surface area (Å²) in [4.78, 5) is 23.7. The van der Waals surface area contributed by atoms with Gasteiger partial charge in [0.05, 0.1) is 0 Å². The van der Waals surface area contributed by atoms with Crippen molar-refractivity contribution >= 4 is 22.1 Å². The first-order valence-electron chi connectivity index (χ1n) is 10.7. The van der Waals surface area contributed by atoms with Gasteiger partial charge in [-0.15, -0.1) is 0 Å². The largest absolute Gasteiger partial charge is 0.481 e. The van der Waals surface area contributed by atoms with E-state index in [1.807, 2.05) is 0 Å². The molecule has 0 bridgehead atoms. The Morgan fingerprint density at radius 3 is 1.53 bits per heavy atom. The quantitative estimate of drug-likeness (QED) is 0.186. The third kappa shape index (κ3) is 10.7. The van der Waals surface area contributed by atoms with E-state index in [1.165, 1.54) is 0 Å². The molecule has 0 amide bonds. The summed E-state index contributed by atoms with van der Waals surface area (Å²) in [6.45, 7) is 4.60. The average molecular weight is 455 g/mol. The van der Waals surface area contributed by atoms with Crippen molar-refractivity contribution in [3.05, 3.63) is 0 Å². The molecule has 0 saturated heterocycles. The lowest BCUT2D eigenvalue weighted by Crippen LogP contribution is -2.52. The number of rotatable bonds is 20. The molecule has 0 aliphatic rings. The van der Waals surface area contributed by atoms with E-state index in [4.69, 9.17) is 9.47 Å². The Balaban J connectivity index is 5.17. The Bertz CT molecular complexity index is 571. The summed E-state index contributed by atoms with van der Waals surface area (Å²) in [5.74, 6) is -3.53. The van der Waals surface area contributed by atoms with Gasteiger partial charge in [-0.05, 0) is 25.7 Å². The van der Waals surface area contributed by atoms with Gasteiger partial charge in [0.25, 0.3) is 10.1 Å². The first kappa shape index (κ1) is 28.8. The monoisotopic (exact) mass is 454 g/mol. The Kier molecular flexibility index (Phi) is 14.9. The van der Waals surface area contributed by atoms with Crippen LogP contribution in [0.3, 0.4) is 0 Å². The Morgan fingerprint density at radius 1 is 0.800 bits per heavy atom. The molecule has 0 heterocycles. The van der Waals surface area contributed by atoms with E-state index in [9.17, 15) is 32.8 Å². The highest BCUT2D eigenvalue weighted by atomic mass is 32.2. The van der Waals surface area contributed by atoms with Crippen LogP contribution in [0.15, 0.2) is 0 Å². The van der Waals surface area contributed by atoms with E-state index < -0.39 is 32.7 Å². The van der Waals surface area contributed by atoms with Crippen LogP contribution in [0.5, 0.6) is 0 Å². The summed E-state index contributed by atoms with van der Waals surface area (Å²) >= 11 is 0. The van der Waals surface area contributed by atoms with Gasteiger partial charge in [-0.3, -0.25) is 14.1 Å². The summed E-state index contributed by atoms with van der Waals surface area (Å²) in [7, 11) is -5.17. The van der Waals surface area contributed by atoms with Crippen LogP contribution in [-0.2, 0) is 29.2 Å². The topological polar surface area (TPSA) is 147 Å². The van der Waals surface area contributed by atoms with Gasteiger partial charge in [-0.25, -0.2) is 0 Å². The Morgan fingerprint density at radius 2 is 1.23 bits per heavy atom. The van der Waals surface area contributed by atoms with Gasteiger partial charge in [0.1, 0.15) is 5.41 Å². The van der Waals surface area contributed by atoms with Gasteiger partial charge in [0.2, 0.25) is 0 Å². The van der Waals surface area contributed by atoms with E-state index in [0.29, 0.717) is 13.2 Å². The molecule has 9 nitrogen and oxygen atoms in total. The zero-order chi connectivity index (χ0) is 23.0. The number of ether oxygens (including phenoxy) is 2. The maximum absolute atomic E-state index is 12.1. The van der Waals surface area contributed by atoms with Crippen LogP contribution < -0.4 is 0 Å². The second-order valence-corrected chi connectivity index (χ2v) is 9.04. The highest BCUT2D eigenvalue weighted by Crippen LogP contribution is 2.36. The molecule has 1 atom stereocenters. The molecule has 0 saturated carbocycles. The highest BCUT2D eigenvalue weighted by Gasteiger charge is 2.55.